The van der Waals surface area contributed by atoms with Crippen LogP contribution in [0.1, 0.15) is 12.5 Å². The molecule has 45 heavy (non-hydrogen) atoms. The first-order valence-corrected chi connectivity index (χ1v) is 16.9. The topological polar surface area (TPSA) is 361 Å². The van der Waals surface area contributed by atoms with Crippen LogP contribution >= 0.6 is 23.3 Å². The molecule has 24 nitrogen and oxygen atoms in total. The van der Waals surface area contributed by atoms with Crippen LogP contribution in [0.4, 0.5) is 0 Å². The fourth-order valence-corrected chi connectivity index (χ4v) is 8.14. The number of rotatable bonds is 12. The summed E-state index contributed by atoms with van der Waals surface area (Å²) in [5.74, 6) is 0. The van der Waals surface area contributed by atoms with E-state index in [1.807, 2.05) is 9.97 Å². The Labute approximate surface area is 247 Å². The van der Waals surface area contributed by atoms with Gasteiger partial charge in [0.1, 0.15) is 36.6 Å². The van der Waals surface area contributed by atoms with Gasteiger partial charge in [-0.05, 0) is 0 Å². The minimum Gasteiger partial charge on any atom is -0.387 e. The molecule has 2 aromatic rings. The summed E-state index contributed by atoms with van der Waals surface area (Å²) < 4.78 is 61.8. The highest BCUT2D eigenvalue weighted by Crippen LogP contribution is 2.62. The summed E-state index contributed by atoms with van der Waals surface area (Å²) in [6.07, 6.45) is -11.9. The smallest absolute Gasteiger partial charge is 0.387 e. The van der Waals surface area contributed by atoms with Crippen molar-refractivity contribution in [1.82, 2.24) is 24.0 Å². The van der Waals surface area contributed by atoms with Crippen LogP contribution in [0.25, 0.3) is 0 Å². The molecule has 0 aromatic carbocycles. The van der Waals surface area contributed by atoms with Gasteiger partial charge in [0, 0.05) is 24.5 Å². The summed E-state index contributed by atoms with van der Waals surface area (Å²) in [4.78, 5) is 80.9. The van der Waals surface area contributed by atoms with Crippen LogP contribution in [0.2, 0.25) is 0 Å². The SMILES string of the molecule is O=c1ccn([C@@H]2OC(COP(=O)(O)NP(=O)(O)OP(=O)(O)OC[C@H]3O[C@H](n4ccc(=O)[nH]c4=O)[C@H](O)[C@@H]3O)[C@H](O)[C@@H]2O)c(=O)[nH]1. The van der Waals surface area contributed by atoms with Crippen LogP contribution < -0.4 is 27.4 Å². The molecule has 4 unspecified atom stereocenters. The maximum Gasteiger partial charge on any atom is 0.480 e. The number of phosphoric ester groups is 1. The molecule has 4 heterocycles. The number of hydrogen-bond donors (Lipinski definition) is 10. The Bertz CT molecular complexity index is 1650. The third kappa shape index (κ3) is 8.47. The molecule has 0 bridgehead atoms. The van der Waals surface area contributed by atoms with Crippen LogP contribution in [-0.4, -0.2) is 104 Å². The van der Waals surface area contributed by atoms with Crippen molar-refractivity contribution in [2.45, 2.75) is 49.1 Å². The lowest BCUT2D eigenvalue weighted by molar-refractivity contribution is -0.0541. The minimum atomic E-state index is -5.75. The lowest BCUT2D eigenvalue weighted by atomic mass is 10.1. The molecule has 0 saturated carbocycles. The number of hydrogen-bond acceptors (Lipinski definition) is 16. The van der Waals surface area contributed by atoms with E-state index in [0.717, 1.165) is 29.4 Å². The molecule has 2 saturated heterocycles. The van der Waals surface area contributed by atoms with E-state index in [9.17, 15) is 68.0 Å². The van der Waals surface area contributed by atoms with E-state index >= 15 is 0 Å². The summed E-state index contributed by atoms with van der Waals surface area (Å²) in [5.41, 5.74) is -3.62. The number of nitrogens with zero attached hydrogens (tertiary/aromatic N) is 2. The average Bonchev–Trinajstić information content (AvgIpc) is 3.35. The van der Waals surface area contributed by atoms with Crippen molar-refractivity contribution in [1.29, 1.82) is 0 Å². The third-order valence-electron chi connectivity index (χ3n) is 6.21. The van der Waals surface area contributed by atoms with Crippen LogP contribution in [0.15, 0.2) is 43.7 Å². The van der Waals surface area contributed by atoms with E-state index in [1.165, 1.54) is 0 Å². The first-order chi connectivity index (χ1) is 20.8. The van der Waals surface area contributed by atoms with Crippen molar-refractivity contribution in [3.05, 3.63) is 66.2 Å². The van der Waals surface area contributed by atoms with Crippen molar-refractivity contribution in [3.63, 3.8) is 0 Å². The molecule has 2 aliphatic heterocycles. The van der Waals surface area contributed by atoms with Gasteiger partial charge in [-0.25, -0.2) is 23.3 Å². The number of ether oxygens (including phenoxy) is 2. The Morgan fingerprint density at radius 2 is 1.13 bits per heavy atom. The molecule has 2 aromatic heterocycles. The van der Waals surface area contributed by atoms with Gasteiger partial charge in [0.05, 0.1) is 13.2 Å². The molecule has 4 rings (SSSR count). The Balaban J connectivity index is 1.31. The molecular weight excluding hydrogens is 683 g/mol. The fraction of sp³-hybridized carbons (Fsp3) is 0.556. The summed E-state index contributed by atoms with van der Waals surface area (Å²) >= 11 is 0. The molecule has 2 aliphatic rings. The molecule has 11 atom stereocenters. The minimum absolute atomic E-state index is 0.689. The number of aromatic amines is 2. The number of aliphatic hydroxyl groups excluding tert-OH is 4. The highest BCUT2D eigenvalue weighted by molar-refractivity contribution is 7.71. The van der Waals surface area contributed by atoms with Gasteiger partial charge in [-0.3, -0.25) is 37.7 Å². The Morgan fingerprint density at radius 1 is 0.711 bits per heavy atom. The molecule has 0 spiro atoms. The molecule has 10 N–H and O–H groups in total. The van der Waals surface area contributed by atoms with Gasteiger partial charge in [0.2, 0.25) is 0 Å². The van der Waals surface area contributed by atoms with Gasteiger partial charge in [-0.1, -0.05) is 0 Å². The monoisotopic (exact) mass is 709 g/mol. The molecule has 252 valence electrons. The van der Waals surface area contributed by atoms with Crippen LogP contribution in [0.3, 0.4) is 0 Å². The summed E-state index contributed by atoms with van der Waals surface area (Å²) in [5, 5.41) is 40.8. The van der Waals surface area contributed by atoms with Gasteiger partial charge in [-0.2, -0.15) is 4.31 Å². The number of phosphoric acid groups is 1. The molecular formula is C18H26N5O19P3. The lowest BCUT2D eigenvalue weighted by Crippen LogP contribution is -2.37. The maximum atomic E-state index is 12.3. The number of aliphatic hydroxyl groups is 4. The second-order valence-corrected chi connectivity index (χ2v) is 14.4. The van der Waals surface area contributed by atoms with E-state index in [-0.39, 0.29) is 0 Å². The van der Waals surface area contributed by atoms with Gasteiger partial charge < -0.3 is 44.6 Å². The molecule has 0 radical (unpaired) electrons. The van der Waals surface area contributed by atoms with E-state index in [4.69, 9.17) is 9.47 Å². The highest BCUT2D eigenvalue weighted by atomic mass is 31.3. The second kappa shape index (κ2) is 13.3. The fourth-order valence-electron chi connectivity index (χ4n) is 4.16. The predicted octanol–water partition coefficient (Wildman–Crippen LogP) is -4.73. The Hall–Kier alpha value is -2.47. The van der Waals surface area contributed by atoms with E-state index in [0.29, 0.717) is 9.13 Å². The molecule has 2 fully saturated rings. The average molecular weight is 709 g/mol. The van der Waals surface area contributed by atoms with Crippen molar-refractivity contribution < 1.29 is 71.6 Å². The highest BCUT2D eigenvalue weighted by Gasteiger charge is 2.48. The van der Waals surface area contributed by atoms with Crippen molar-refractivity contribution >= 4 is 23.3 Å². The first-order valence-electron chi connectivity index (χ1n) is 12.2. The van der Waals surface area contributed by atoms with Crippen molar-refractivity contribution in [2.75, 3.05) is 13.2 Å². The van der Waals surface area contributed by atoms with Crippen LogP contribution in [0, 0.1) is 0 Å². The van der Waals surface area contributed by atoms with E-state index in [2.05, 4.69) is 13.4 Å². The van der Waals surface area contributed by atoms with Crippen molar-refractivity contribution in [2.24, 2.45) is 0 Å². The van der Waals surface area contributed by atoms with Crippen LogP contribution in [0.5, 0.6) is 0 Å². The number of H-pyrrole nitrogens is 2. The molecule has 0 aliphatic carbocycles. The van der Waals surface area contributed by atoms with Gasteiger partial charge >= 0.3 is 34.7 Å². The van der Waals surface area contributed by atoms with Gasteiger partial charge in [-0.15, -0.1) is 4.86 Å². The summed E-state index contributed by atoms with van der Waals surface area (Å²) in [7, 11) is -16.8. The molecule has 27 heteroatoms. The first kappa shape index (κ1) is 35.4. The van der Waals surface area contributed by atoms with Crippen LogP contribution in [-0.2, 0) is 36.5 Å². The number of aromatic nitrogens is 4. The van der Waals surface area contributed by atoms with E-state index < -0.39 is 108 Å². The van der Waals surface area contributed by atoms with E-state index in [1.54, 1.807) is 0 Å². The second-order valence-electron chi connectivity index (χ2n) is 9.41. The zero-order valence-corrected chi connectivity index (χ0v) is 24.8. The Kier molecular flexibility index (Phi) is 10.5. The number of nitrogens with one attached hydrogen (secondary N) is 3. The Morgan fingerprint density at radius 3 is 1.56 bits per heavy atom. The summed E-state index contributed by atoms with van der Waals surface area (Å²) in [6.45, 7) is -2.17. The normalized spacial score (nSPS) is 32.5. The predicted molar refractivity (Wildman–Crippen MR) is 140 cm³/mol. The van der Waals surface area contributed by atoms with Gasteiger partial charge in [0.25, 0.3) is 11.1 Å². The summed E-state index contributed by atoms with van der Waals surface area (Å²) in [6, 6.07) is 1.81. The molecule has 0 amide bonds. The van der Waals surface area contributed by atoms with Gasteiger partial charge in [0.15, 0.2) is 12.5 Å². The lowest BCUT2D eigenvalue weighted by Gasteiger charge is -2.22. The van der Waals surface area contributed by atoms with Crippen molar-refractivity contribution in [3.8, 4) is 0 Å². The standard InChI is InChI=1S/C18H26N5O19P3/c24-9-1-3-22(17(30)19-9)15-13(28)11(26)7(40-15)5-38-43(32,33)21-44(34,35)42-45(36,37)39-6-8-12(27)14(29)16(41-8)23-4-2-10(25)20-18(23)31/h1-4,7-8,11-16,26-29H,5-6H2,(H,36,37)(H,19,24,30)(H,20,25,31)(H3,21,32,33,34,35)/t7?,8-,11+,12-,13+,14-,15-,16+/m1/s1. The maximum absolute atomic E-state index is 12.3. The zero-order valence-electron chi connectivity index (χ0n) is 22.1. The quantitative estimate of drug-likeness (QED) is 0.0925. The zero-order chi connectivity index (χ0) is 33.5. The largest absolute Gasteiger partial charge is 0.480 e. The third-order valence-corrected chi connectivity index (χ3v) is 10.9.